The summed E-state index contributed by atoms with van der Waals surface area (Å²) >= 11 is 0. The number of aliphatic hydroxyl groups is 1. The van der Waals surface area contributed by atoms with E-state index in [1.807, 2.05) is 44.2 Å². The Morgan fingerprint density at radius 2 is 1.31 bits per heavy atom. The van der Waals surface area contributed by atoms with Crippen LogP contribution in [0.25, 0.3) is 17.2 Å². The summed E-state index contributed by atoms with van der Waals surface area (Å²) in [5, 5.41) is 19.6. The zero-order chi connectivity index (χ0) is 26.3. The van der Waals surface area contributed by atoms with Gasteiger partial charge < -0.3 is 10.2 Å². The van der Waals surface area contributed by atoms with E-state index in [4.69, 9.17) is 5.11 Å². The summed E-state index contributed by atoms with van der Waals surface area (Å²) in [6, 6.07) is 23.3. The monoisotopic (exact) mass is 484 g/mol. The Bertz CT molecular complexity index is 1180. The van der Waals surface area contributed by atoms with Crippen LogP contribution in [0.15, 0.2) is 72.8 Å². The fourth-order valence-corrected chi connectivity index (χ4v) is 5.10. The van der Waals surface area contributed by atoms with Crippen molar-refractivity contribution in [1.82, 2.24) is 0 Å². The molecular weight excluding hydrogens is 444 g/mol. The fraction of sp³-hybridized carbons (Fsp3) is 0.364. The van der Waals surface area contributed by atoms with Crippen LogP contribution in [0.2, 0.25) is 0 Å². The van der Waals surface area contributed by atoms with Crippen molar-refractivity contribution in [3.05, 3.63) is 101 Å². The minimum Gasteiger partial charge on any atom is -0.481 e. The molecule has 0 aliphatic carbocycles. The average molecular weight is 485 g/mol. The van der Waals surface area contributed by atoms with Crippen LogP contribution in [0.4, 0.5) is 0 Å². The highest BCUT2D eigenvalue weighted by molar-refractivity contribution is 5.71. The molecule has 0 saturated heterocycles. The maximum absolute atomic E-state index is 11.0. The normalized spacial score (nSPS) is 12.3. The molecule has 0 aliphatic heterocycles. The number of rotatable bonds is 11. The van der Waals surface area contributed by atoms with Crippen LogP contribution in [-0.4, -0.2) is 21.8 Å². The summed E-state index contributed by atoms with van der Waals surface area (Å²) in [4.78, 5) is 11.0. The molecule has 3 aromatic carbocycles. The Kier molecular flexibility index (Phi) is 8.92. The highest BCUT2D eigenvalue weighted by Crippen LogP contribution is 2.40. The number of carboxylic acids is 1. The van der Waals surface area contributed by atoms with Crippen LogP contribution >= 0.6 is 0 Å². The lowest BCUT2D eigenvalue weighted by atomic mass is 9.70. The maximum atomic E-state index is 11.0. The third-order valence-electron chi connectivity index (χ3n) is 7.91. The molecule has 190 valence electrons. The first-order valence-electron chi connectivity index (χ1n) is 13.1. The van der Waals surface area contributed by atoms with Gasteiger partial charge >= 0.3 is 5.97 Å². The summed E-state index contributed by atoms with van der Waals surface area (Å²) in [5.41, 5.74) is 7.15. The highest BCUT2D eigenvalue weighted by Gasteiger charge is 2.31. The third kappa shape index (κ3) is 5.96. The largest absolute Gasteiger partial charge is 0.481 e. The Morgan fingerprint density at radius 1 is 0.778 bits per heavy atom. The van der Waals surface area contributed by atoms with E-state index in [-0.39, 0.29) is 11.8 Å². The van der Waals surface area contributed by atoms with Crippen LogP contribution in [0.1, 0.15) is 81.2 Å². The first-order valence-corrected chi connectivity index (χ1v) is 13.1. The van der Waals surface area contributed by atoms with Gasteiger partial charge in [0.25, 0.3) is 0 Å². The summed E-state index contributed by atoms with van der Waals surface area (Å²) in [6.45, 7) is 10.7. The lowest BCUT2D eigenvalue weighted by molar-refractivity contribution is -0.136. The minimum absolute atomic E-state index is 0.0425. The van der Waals surface area contributed by atoms with Crippen molar-refractivity contribution in [2.24, 2.45) is 0 Å². The van der Waals surface area contributed by atoms with Gasteiger partial charge in [0.2, 0.25) is 0 Å². The molecule has 0 atom stereocenters. The number of benzene rings is 3. The molecule has 0 spiro atoms. The molecule has 0 heterocycles. The number of aryl methyl sites for hydroxylation is 1. The highest BCUT2D eigenvalue weighted by atomic mass is 16.4. The van der Waals surface area contributed by atoms with Gasteiger partial charge in [0.15, 0.2) is 0 Å². The van der Waals surface area contributed by atoms with Crippen molar-refractivity contribution in [3.63, 3.8) is 0 Å². The van der Waals surface area contributed by atoms with Crippen LogP contribution in [-0.2, 0) is 16.6 Å². The second kappa shape index (κ2) is 11.7. The number of hydrogen-bond acceptors (Lipinski definition) is 2. The molecule has 3 heteroatoms. The van der Waals surface area contributed by atoms with Crippen LogP contribution in [0.3, 0.4) is 0 Å². The topological polar surface area (TPSA) is 57.5 Å². The van der Waals surface area contributed by atoms with Crippen LogP contribution < -0.4 is 0 Å². The molecule has 0 radical (unpaired) electrons. The van der Waals surface area contributed by atoms with Crippen molar-refractivity contribution < 1.29 is 15.0 Å². The van der Waals surface area contributed by atoms with Gasteiger partial charge in [-0.1, -0.05) is 107 Å². The second-order valence-electron chi connectivity index (χ2n) is 9.85. The van der Waals surface area contributed by atoms with Crippen molar-refractivity contribution >= 4 is 12.0 Å². The SMILES string of the molecule is CCC(O)(C=Cc1ccc(C(CC)(CC)c2ccc(-c3ccc(CC(=O)O)cc3)cc2)cc1C)CC. The number of aliphatic carboxylic acids is 1. The van der Waals surface area contributed by atoms with Gasteiger partial charge in [-0.15, -0.1) is 0 Å². The predicted molar refractivity (Wildman–Crippen MR) is 150 cm³/mol. The van der Waals surface area contributed by atoms with Gasteiger partial charge in [-0.3, -0.25) is 4.79 Å². The maximum Gasteiger partial charge on any atom is 0.307 e. The molecule has 36 heavy (non-hydrogen) atoms. The Labute approximate surface area is 216 Å². The molecule has 0 aromatic heterocycles. The number of hydrogen-bond donors (Lipinski definition) is 2. The molecule has 3 rings (SSSR count). The number of carbonyl (C=O) groups is 1. The number of carboxylic acid groups (broad SMARTS) is 1. The molecule has 3 aromatic rings. The third-order valence-corrected chi connectivity index (χ3v) is 7.91. The van der Waals surface area contributed by atoms with Crippen LogP contribution in [0, 0.1) is 6.92 Å². The second-order valence-corrected chi connectivity index (χ2v) is 9.85. The summed E-state index contributed by atoms with van der Waals surface area (Å²) < 4.78 is 0. The summed E-state index contributed by atoms with van der Waals surface area (Å²) in [6.07, 6.45) is 7.43. The lowest BCUT2D eigenvalue weighted by Crippen LogP contribution is -2.26. The van der Waals surface area contributed by atoms with E-state index in [0.29, 0.717) is 12.8 Å². The van der Waals surface area contributed by atoms with E-state index in [9.17, 15) is 9.90 Å². The molecular formula is C33H40O3. The predicted octanol–water partition coefficient (Wildman–Crippen LogP) is 7.96. The first-order chi connectivity index (χ1) is 17.2. The van der Waals surface area contributed by atoms with Crippen molar-refractivity contribution in [3.8, 4) is 11.1 Å². The first kappa shape index (κ1) is 27.4. The van der Waals surface area contributed by atoms with E-state index in [1.54, 1.807) is 0 Å². The van der Waals surface area contributed by atoms with E-state index in [0.717, 1.165) is 35.1 Å². The Hall–Kier alpha value is -3.17. The average Bonchev–Trinajstić information content (AvgIpc) is 2.89. The molecule has 0 amide bonds. The van der Waals surface area contributed by atoms with Crippen molar-refractivity contribution in [2.45, 2.75) is 77.7 Å². The molecule has 3 nitrogen and oxygen atoms in total. The fourth-order valence-electron chi connectivity index (χ4n) is 5.10. The van der Waals surface area contributed by atoms with Gasteiger partial charge in [0.05, 0.1) is 12.0 Å². The van der Waals surface area contributed by atoms with Gasteiger partial charge in [-0.05, 0) is 71.6 Å². The molecule has 0 unspecified atom stereocenters. The van der Waals surface area contributed by atoms with Gasteiger partial charge in [0.1, 0.15) is 0 Å². The van der Waals surface area contributed by atoms with E-state index in [1.165, 1.54) is 16.7 Å². The summed E-state index contributed by atoms with van der Waals surface area (Å²) in [7, 11) is 0. The quantitative estimate of drug-likeness (QED) is 0.290. The molecule has 0 saturated carbocycles. The van der Waals surface area contributed by atoms with Gasteiger partial charge in [0, 0.05) is 5.41 Å². The Morgan fingerprint density at radius 3 is 1.78 bits per heavy atom. The van der Waals surface area contributed by atoms with E-state index < -0.39 is 11.6 Å². The lowest BCUT2D eigenvalue weighted by Gasteiger charge is -2.34. The van der Waals surface area contributed by atoms with Crippen molar-refractivity contribution in [2.75, 3.05) is 0 Å². The zero-order valence-electron chi connectivity index (χ0n) is 22.3. The van der Waals surface area contributed by atoms with Gasteiger partial charge in [-0.2, -0.15) is 0 Å². The van der Waals surface area contributed by atoms with Gasteiger partial charge in [-0.25, -0.2) is 0 Å². The molecule has 0 bridgehead atoms. The van der Waals surface area contributed by atoms with E-state index >= 15 is 0 Å². The standard InChI is InChI=1S/C33H40O3/c1-6-32(36,7-2)21-20-26-14-19-30(22-24(26)5)33(8-3,9-4)29-17-15-28(16-18-29)27-12-10-25(11-13-27)23-31(34)35/h10-22,36H,6-9,23H2,1-5H3,(H,34,35). The summed E-state index contributed by atoms with van der Waals surface area (Å²) in [5.74, 6) is -0.815. The zero-order valence-corrected chi connectivity index (χ0v) is 22.3. The van der Waals surface area contributed by atoms with Crippen molar-refractivity contribution in [1.29, 1.82) is 0 Å². The molecule has 0 fully saturated rings. The Balaban J connectivity index is 1.91. The molecule has 0 aliphatic rings. The van der Waals surface area contributed by atoms with Crippen LogP contribution in [0.5, 0.6) is 0 Å². The smallest absolute Gasteiger partial charge is 0.307 e. The van der Waals surface area contributed by atoms with E-state index in [2.05, 4.69) is 69.3 Å². The molecule has 2 N–H and O–H groups in total. The minimum atomic E-state index is -0.815.